The van der Waals surface area contributed by atoms with Crippen LogP contribution < -0.4 is 4.90 Å². The molecule has 2 aliphatic heterocycles. The third-order valence-electron chi connectivity index (χ3n) is 7.03. The number of fused-ring (bicyclic) bond motifs is 2. The SMILES string of the molecule is CN1CC=C(c2nc3n(n2)CCN(c2cnc4ccc(-c5c[nH]nc5-c5cc(Cl)ccc5F)nc4c2)C3)C1. The molecule has 2 aliphatic rings. The average Bonchev–Trinajstić information content (AvgIpc) is 3.68. The first-order chi connectivity index (χ1) is 18.5. The van der Waals surface area contributed by atoms with Crippen molar-refractivity contribution >= 4 is 33.9 Å². The Bertz CT molecular complexity index is 1720. The van der Waals surface area contributed by atoms with Crippen molar-refractivity contribution in [2.45, 2.75) is 13.1 Å². The van der Waals surface area contributed by atoms with E-state index < -0.39 is 5.82 Å². The number of aromatic amines is 1. The normalized spacial score (nSPS) is 15.8. The lowest BCUT2D eigenvalue weighted by atomic mass is 10.0. The van der Waals surface area contributed by atoms with E-state index in [-0.39, 0.29) is 0 Å². The van der Waals surface area contributed by atoms with Crippen molar-refractivity contribution in [3.63, 3.8) is 0 Å². The van der Waals surface area contributed by atoms with Crippen LogP contribution in [-0.2, 0) is 13.1 Å². The third kappa shape index (κ3) is 4.02. The van der Waals surface area contributed by atoms with Gasteiger partial charge in [-0.2, -0.15) is 10.2 Å². The van der Waals surface area contributed by atoms with E-state index in [0.29, 0.717) is 34.1 Å². The number of hydrogen-bond donors (Lipinski definition) is 1. The summed E-state index contributed by atoms with van der Waals surface area (Å²) in [6, 6.07) is 10.2. The zero-order valence-corrected chi connectivity index (χ0v) is 21.3. The van der Waals surface area contributed by atoms with Crippen LogP contribution in [0.5, 0.6) is 0 Å². The average molecular weight is 528 g/mol. The van der Waals surface area contributed by atoms with Gasteiger partial charge in [0.05, 0.1) is 41.7 Å². The van der Waals surface area contributed by atoms with Crippen LogP contribution in [0.4, 0.5) is 10.1 Å². The van der Waals surface area contributed by atoms with Gasteiger partial charge >= 0.3 is 0 Å². The minimum absolute atomic E-state index is 0.319. The van der Waals surface area contributed by atoms with Crippen LogP contribution in [0.25, 0.3) is 39.1 Å². The summed E-state index contributed by atoms with van der Waals surface area (Å²) in [5.41, 5.74) is 5.78. The molecule has 5 aromatic rings. The smallest absolute Gasteiger partial charge is 0.178 e. The summed E-state index contributed by atoms with van der Waals surface area (Å²) in [7, 11) is 2.09. The Morgan fingerprint density at radius 2 is 1.92 bits per heavy atom. The second kappa shape index (κ2) is 9.00. The van der Waals surface area contributed by atoms with E-state index in [4.69, 9.17) is 26.7 Å². The van der Waals surface area contributed by atoms with Crippen LogP contribution >= 0.6 is 11.6 Å². The molecule has 38 heavy (non-hydrogen) atoms. The summed E-state index contributed by atoms with van der Waals surface area (Å²) in [5.74, 6) is 1.36. The van der Waals surface area contributed by atoms with E-state index in [1.165, 1.54) is 17.7 Å². The van der Waals surface area contributed by atoms with Gasteiger partial charge in [0.25, 0.3) is 0 Å². The fraction of sp³-hybridized carbons (Fsp3) is 0.222. The Morgan fingerprint density at radius 3 is 2.79 bits per heavy atom. The van der Waals surface area contributed by atoms with Crippen molar-refractivity contribution in [2.24, 2.45) is 0 Å². The number of nitrogens with zero attached hydrogens (tertiary/aromatic N) is 8. The van der Waals surface area contributed by atoms with Gasteiger partial charge in [0.2, 0.25) is 0 Å². The molecule has 0 spiro atoms. The Morgan fingerprint density at radius 1 is 1.00 bits per heavy atom. The topological polar surface area (TPSA) is 91.7 Å². The molecule has 0 fully saturated rings. The molecule has 0 atom stereocenters. The fourth-order valence-corrected chi connectivity index (χ4v) is 5.20. The van der Waals surface area contributed by atoms with Gasteiger partial charge in [0.1, 0.15) is 17.3 Å². The molecule has 4 aromatic heterocycles. The molecular weight excluding hydrogens is 505 g/mol. The lowest BCUT2D eigenvalue weighted by Crippen LogP contribution is -2.34. The molecular formula is C27H23ClFN9. The van der Waals surface area contributed by atoms with E-state index >= 15 is 0 Å². The quantitative estimate of drug-likeness (QED) is 0.370. The van der Waals surface area contributed by atoms with Crippen molar-refractivity contribution in [1.29, 1.82) is 0 Å². The van der Waals surface area contributed by atoms with Gasteiger partial charge in [0, 0.05) is 47.6 Å². The van der Waals surface area contributed by atoms with Crippen molar-refractivity contribution in [3.8, 4) is 22.5 Å². The maximum Gasteiger partial charge on any atom is 0.178 e. The summed E-state index contributed by atoms with van der Waals surface area (Å²) >= 11 is 6.13. The van der Waals surface area contributed by atoms with E-state index in [1.807, 2.05) is 29.1 Å². The molecule has 1 N–H and O–H groups in total. The molecule has 0 bridgehead atoms. The predicted octanol–water partition coefficient (Wildman–Crippen LogP) is 4.42. The number of rotatable bonds is 4. The zero-order valence-electron chi connectivity index (χ0n) is 20.6. The summed E-state index contributed by atoms with van der Waals surface area (Å²) in [5, 5.41) is 12.3. The highest BCUT2D eigenvalue weighted by Crippen LogP contribution is 2.33. The summed E-state index contributed by atoms with van der Waals surface area (Å²) in [6.07, 6.45) is 5.78. The number of likely N-dealkylation sites (N-methyl/N-ethyl adjacent to an activating group) is 1. The van der Waals surface area contributed by atoms with Gasteiger partial charge in [-0.15, -0.1) is 0 Å². The number of benzene rings is 1. The van der Waals surface area contributed by atoms with Crippen molar-refractivity contribution in [2.75, 3.05) is 31.6 Å². The maximum absolute atomic E-state index is 14.6. The first-order valence-corrected chi connectivity index (χ1v) is 12.7. The molecule has 0 amide bonds. The second-order valence-electron chi connectivity index (χ2n) is 9.62. The molecule has 0 unspecified atom stereocenters. The highest BCUT2D eigenvalue weighted by Gasteiger charge is 2.24. The number of hydrogen-bond acceptors (Lipinski definition) is 7. The second-order valence-corrected chi connectivity index (χ2v) is 10.1. The number of aromatic nitrogens is 7. The summed E-state index contributed by atoms with van der Waals surface area (Å²) < 4.78 is 16.6. The Balaban J connectivity index is 1.19. The molecule has 0 aliphatic carbocycles. The lowest BCUT2D eigenvalue weighted by molar-refractivity contribution is 0.438. The van der Waals surface area contributed by atoms with Crippen molar-refractivity contribution in [3.05, 3.63) is 77.4 Å². The predicted molar refractivity (Wildman–Crippen MR) is 144 cm³/mol. The molecule has 6 heterocycles. The minimum Gasteiger partial charge on any atom is -0.361 e. The number of halogens is 2. The Labute approximate surface area is 222 Å². The molecule has 0 saturated carbocycles. The first kappa shape index (κ1) is 23.0. The number of anilines is 1. The highest BCUT2D eigenvalue weighted by atomic mass is 35.5. The van der Waals surface area contributed by atoms with Crippen molar-refractivity contribution < 1.29 is 4.39 Å². The molecule has 0 radical (unpaired) electrons. The van der Waals surface area contributed by atoms with E-state index in [9.17, 15) is 4.39 Å². The van der Waals surface area contributed by atoms with Gasteiger partial charge in [-0.3, -0.25) is 15.0 Å². The number of pyridine rings is 2. The lowest BCUT2D eigenvalue weighted by Gasteiger charge is -2.28. The first-order valence-electron chi connectivity index (χ1n) is 12.3. The molecule has 11 heteroatoms. The van der Waals surface area contributed by atoms with Crippen LogP contribution in [0.15, 0.2) is 54.9 Å². The van der Waals surface area contributed by atoms with Gasteiger partial charge in [-0.1, -0.05) is 17.7 Å². The molecule has 0 saturated heterocycles. The van der Waals surface area contributed by atoms with Gasteiger partial charge in [-0.25, -0.2) is 19.0 Å². The molecule has 190 valence electrons. The fourth-order valence-electron chi connectivity index (χ4n) is 5.03. The standard InChI is InChI=1S/C27H23ClFN9/c1-36-7-6-16(14-36)27-33-25-15-37(8-9-38(25)35-27)18-11-24-23(30-12-18)5-4-22(32-24)20-13-31-34-26(20)19-10-17(28)2-3-21(19)29/h2-6,10-13H,7-9,14-15H2,1H3,(H,31,34). The third-order valence-corrected chi connectivity index (χ3v) is 7.26. The molecule has 7 rings (SSSR count). The van der Waals surface area contributed by atoms with Gasteiger partial charge in [0.15, 0.2) is 5.82 Å². The maximum atomic E-state index is 14.6. The summed E-state index contributed by atoms with van der Waals surface area (Å²) in [6.45, 7) is 3.99. The van der Waals surface area contributed by atoms with Crippen LogP contribution in [0, 0.1) is 5.82 Å². The van der Waals surface area contributed by atoms with Crippen LogP contribution in [0.3, 0.4) is 0 Å². The summed E-state index contributed by atoms with van der Waals surface area (Å²) in [4.78, 5) is 18.8. The van der Waals surface area contributed by atoms with Crippen LogP contribution in [0.2, 0.25) is 5.02 Å². The molecule has 9 nitrogen and oxygen atoms in total. The van der Waals surface area contributed by atoms with Crippen LogP contribution in [0.1, 0.15) is 11.6 Å². The van der Waals surface area contributed by atoms with E-state index in [1.54, 1.807) is 12.3 Å². The van der Waals surface area contributed by atoms with E-state index in [0.717, 1.165) is 54.5 Å². The molecule has 1 aromatic carbocycles. The Hall–Kier alpha value is -4.15. The monoisotopic (exact) mass is 527 g/mol. The van der Waals surface area contributed by atoms with Gasteiger partial charge in [-0.05, 0) is 43.4 Å². The van der Waals surface area contributed by atoms with Crippen molar-refractivity contribution in [1.82, 2.24) is 39.8 Å². The zero-order chi connectivity index (χ0) is 25.8. The number of nitrogens with one attached hydrogen (secondary N) is 1. The van der Waals surface area contributed by atoms with Crippen LogP contribution in [-0.4, -0.2) is 66.5 Å². The largest absolute Gasteiger partial charge is 0.361 e. The van der Waals surface area contributed by atoms with E-state index in [2.05, 4.69) is 38.1 Å². The minimum atomic E-state index is -0.398. The van der Waals surface area contributed by atoms with Gasteiger partial charge < -0.3 is 4.90 Å². The Kier molecular flexibility index (Phi) is 5.45. The number of H-pyrrole nitrogens is 1. The highest BCUT2D eigenvalue weighted by molar-refractivity contribution is 6.30.